The lowest BCUT2D eigenvalue weighted by Gasteiger charge is -2.64. The molecule has 0 bridgehead atoms. The van der Waals surface area contributed by atoms with Crippen molar-refractivity contribution >= 4 is 5.97 Å². The summed E-state index contributed by atoms with van der Waals surface area (Å²) < 4.78 is 25.5. The van der Waals surface area contributed by atoms with E-state index in [2.05, 4.69) is 46.4 Å². The molecule has 0 aromatic heterocycles. The summed E-state index contributed by atoms with van der Waals surface area (Å²) >= 11 is 0. The maximum Gasteiger partial charge on any atom is 0.303 e. The van der Waals surface area contributed by atoms with Gasteiger partial charge >= 0.3 is 5.97 Å². The summed E-state index contributed by atoms with van der Waals surface area (Å²) in [5.41, 5.74) is -0.876. The lowest BCUT2D eigenvalue weighted by Crippen LogP contribution is -2.60. The van der Waals surface area contributed by atoms with Gasteiger partial charge in [0.25, 0.3) is 0 Å². The highest BCUT2D eigenvalue weighted by molar-refractivity contribution is 5.66. The molecule has 14 atom stereocenters. The van der Waals surface area contributed by atoms with Gasteiger partial charge in [-0.05, 0) is 117 Å². The molecule has 0 aromatic rings. The van der Waals surface area contributed by atoms with E-state index in [1.54, 1.807) is 13.8 Å². The van der Waals surface area contributed by atoms with E-state index in [1.807, 2.05) is 0 Å². The van der Waals surface area contributed by atoms with Crippen molar-refractivity contribution in [2.75, 3.05) is 26.2 Å². The first-order valence-corrected chi connectivity index (χ1v) is 18.7. The zero-order chi connectivity index (χ0) is 33.2. The summed E-state index contributed by atoms with van der Waals surface area (Å²) in [6, 6.07) is 0. The Balaban J connectivity index is 1.14. The number of likely N-dealkylation sites (N-methyl/N-ethyl adjacent to an activating group) is 1. The third kappa shape index (κ3) is 4.48. The van der Waals surface area contributed by atoms with Crippen LogP contribution in [0.2, 0.25) is 0 Å². The van der Waals surface area contributed by atoms with Gasteiger partial charge in [-0.25, -0.2) is 0 Å². The number of rotatable bonds is 6. The number of ether oxygens (including phenoxy) is 4. The van der Waals surface area contributed by atoms with Crippen LogP contribution in [0.3, 0.4) is 0 Å². The van der Waals surface area contributed by atoms with E-state index >= 15 is 0 Å². The molecule has 0 aromatic carbocycles. The summed E-state index contributed by atoms with van der Waals surface area (Å²) in [5.74, 6) is 1.16. The number of hydrogen-bond donors (Lipinski definition) is 2. The summed E-state index contributed by atoms with van der Waals surface area (Å²) in [6.07, 6.45) is 6.90. The molecule has 5 saturated carbocycles. The summed E-state index contributed by atoms with van der Waals surface area (Å²) in [5, 5.41) is 23.6. The quantitative estimate of drug-likeness (QED) is 0.362. The van der Waals surface area contributed by atoms with Crippen molar-refractivity contribution in [3.8, 4) is 0 Å². The number of fused-ring (bicyclic) bond motifs is 4. The number of carbonyl (C=O) groups is 1. The first kappa shape index (κ1) is 33.7. The highest BCUT2D eigenvalue weighted by Gasteiger charge is 2.84. The van der Waals surface area contributed by atoms with Crippen molar-refractivity contribution in [1.82, 2.24) is 4.90 Å². The molecule has 2 spiro atoms. The molecule has 8 heteroatoms. The second-order valence-corrected chi connectivity index (χ2v) is 18.6. The number of aliphatic hydroxyl groups is 2. The Kier molecular flexibility index (Phi) is 7.96. The number of aliphatic hydroxyl groups excluding tert-OH is 1. The molecule has 0 radical (unpaired) electrons. The van der Waals surface area contributed by atoms with E-state index in [0.717, 1.165) is 45.5 Å². The van der Waals surface area contributed by atoms with Crippen LogP contribution >= 0.6 is 0 Å². The highest BCUT2D eigenvalue weighted by atomic mass is 16.7. The maximum absolute atomic E-state index is 12.5. The first-order chi connectivity index (χ1) is 21.5. The second-order valence-electron chi connectivity index (χ2n) is 18.6. The largest absolute Gasteiger partial charge is 0.457 e. The van der Waals surface area contributed by atoms with Gasteiger partial charge in [-0.3, -0.25) is 9.69 Å². The Morgan fingerprint density at radius 3 is 2.43 bits per heavy atom. The average molecular weight is 646 g/mol. The minimum atomic E-state index is -1.25. The van der Waals surface area contributed by atoms with Crippen LogP contribution in [0.15, 0.2) is 0 Å². The van der Waals surface area contributed by atoms with Crippen molar-refractivity contribution in [2.45, 2.75) is 156 Å². The van der Waals surface area contributed by atoms with E-state index < -0.39 is 29.9 Å². The SMILES string of the molecule is CCN1CCO[C@@H](OC2CC[C@]34C[C@]35CC[C@]3(C)[C@@H]6C(OC([C@H](OC(C)=O)C(C)(C)O)C[C@H]6C)[C@H](O)[C@@]3(C)C5CC[C@H]4C2(C)C)C1. The molecule has 262 valence electrons. The van der Waals surface area contributed by atoms with Crippen molar-refractivity contribution in [2.24, 2.45) is 50.7 Å². The molecule has 5 aliphatic carbocycles. The van der Waals surface area contributed by atoms with Gasteiger partial charge in [-0.15, -0.1) is 0 Å². The Morgan fingerprint density at radius 2 is 1.76 bits per heavy atom. The van der Waals surface area contributed by atoms with Gasteiger partial charge in [0.1, 0.15) is 0 Å². The van der Waals surface area contributed by atoms with Crippen LogP contribution in [0.4, 0.5) is 0 Å². The minimum Gasteiger partial charge on any atom is -0.457 e. The predicted molar refractivity (Wildman–Crippen MR) is 175 cm³/mol. The van der Waals surface area contributed by atoms with Crippen molar-refractivity contribution < 1.29 is 34.0 Å². The van der Waals surface area contributed by atoms with Crippen LogP contribution in [0.25, 0.3) is 0 Å². The van der Waals surface area contributed by atoms with Gasteiger partial charge in [0.2, 0.25) is 0 Å². The zero-order valence-corrected chi connectivity index (χ0v) is 30.1. The number of esters is 1. The molecule has 46 heavy (non-hydrogen) atoms. The Labute approximate surface area is 277 Å². The fraction of sp³-hybridized carbons (Fsp3) is 0.974. The average Bonchev–Trinajstić information content (AvgIpc) is 3.61. The molecule has 2 saturated heterocycles. The topological polar surface area (TPSA) is 97.7 Å². The Bertz CT molecular complexity index is 1200. The van der Waals surface area contributed by atoms with Gasteiger partial charge in [0, 0.05) is 25.4 Å². The van der Waals surface area contributed by atoms with Crippen molar-refractivity contribution in [1.29, 1.82) is 0 Å². The molecule has 8 nitrogen and oxygen atoms in total. The minimum absolute atomic E-state index is 0.0427. The van der Waals surface area contributed by atoms with Crippen LogP contribution in [-0.4, -0.2) is 89.7 Å². The first-order valence-electron chi connectivity index (χ1n) is 18.7. The van der Waals surface area contributed by atoms with Gasteiger partial charge < -0.3 is 29.2 Å². The molecule has 0 amide bonds. The van der Waals surface area contributed by atoms with Crippen LogP contribution in [0, 0.1) is 50.7 Å². The van der Waals surface area contributed by atoms with Crippen molar-refractivity contribution in [3.05, 3.63) is 0 Å². The molecule has 2 heterocycles. The number of nitrogens with zero attached hydrogens (tertiary/aromatic N) is 1. The van der Waals surface area contributed by atoms with E-state index in [9.17, 15) is 15.0 Å². The molecule has 4 unspecified atom stereocenters. The third-order valence-corrected chi connectivity index (χ3v) is 16.0. The molecule has 2 N–H and O–H groups in total. The van der Waals surface area contributed by atoms with Crippen LogP contribution in [0.1, 0.15) is 114 Å². The Morgan fingerprint density at radius 1 is 1.07 bits per heavy atom. The highest BCUT2D eigenvalue weighted by Crippen LogP contribution is 2.89. The molecule has 7 rings (SSSR count). The summed E-state index contributed by atoms with van der Waals surface area (Å²) in [4.78, 5) is 14.5. The van der Waals surface area contributed by atoms with E-state index in [1.165, 1.54) is 32.6 Å². The molecule has 2 aliphatic heterocycles. The normalized spacial score (nSPS) is 51.9. The Hall–Kier alpha value is -0.770. The lowest BCUT2D eigenvalue weighted by molar-refractivity contribution is -0.248. The lowest BCUT2D eigenvalue weighted by atomic mass is 9.41. The van der Waals surface area contributed by atoms with Gasteiger partial charge in [-0.1, -0.05) is 41.5 Å². The summed E-state index contributed by atoms with van der Waals surface area (Å²) in [6.45, 7) is 22.7. The van der Waals surface area contributed by atoms with E-state index in [4.69, 9.17) is 18.9 Å². The van der Waals surface area contributed by atoms with Crippen molar-refractivity contribution in [3.63, 3.8) is 0 Å². The van der Waals surface area contributed by atoms with Crippen LogP contribution in [0.5, 0.6) is 0 Å². The van der Waals surface area contributed by atoms with E-state index in [-0.39, 0.29) is 52.0 Å². The molecule has 7 aliphatic rings. The standard InChI is InChI=1S/C38H63NO7/c1-10-39-17-18-43-28(20-39)46-27-13-14-37-21-38(37)16-15-35(8)29-22(2)19-24(32(34(6,7)42)44-23(3)40)45-30(29)31(41)36(35,9)26(38)12-11-25(37)33(27,4)5/h22,24-32,41-42H,10-21H2,1-9H3/t22-,24?,25+,26?,27?,28+,29+,30?,31+,32+,35-,36-,37-,38+/m1/s1. The molecular weight excluding hydrogens is 582 g/mol. The fourth-order valence-corrected chi connectivity index (χ4v) is 13.8. The van der Waals surface area contributed by atoms with Crippen LogP contribution in [-0.2, 0) is 23.7 Å². The van der Waals surface area contributed by atoms with Gasteiger partial charge in [0.15, 0.2) is 12.4 Å². The monoisotopic (exact) mass is 645 g/mol. The van der Waals surface area contributed by atoms with Gasteiger partial charge in [-0.2, -0.15) is 0 Å². The maximum atomic E-state index is 12.5. The number of carbonyl (C=O) groups excluding carboxylic acids is 1. The molecular formula is C38H63NO7. The second kappa shape index (κ2) is 10.9. The van der Waals surface area contributed by atoms with Crippen LogP contribution < -0.4 is 0 Å². The predicted octanol–water partition coefficient (Wildman–Crippen LogP) is 5.57. The third-order valence-electron chi connectivity index (χ3n) is 16.0. The fourth-order valence-electron chi connectivity index (χ4n) is 13.8. The zero-order valence-electron chi connectivity index (χ0n) is 30.1. The smallest absolute Gasteiger partial charge is 0.303 e. The number of morpholine rings is 1. The number of hydrogen-bond acceptors (Lipinski definition) is 8. The van der Waals surface area contributed by atoms with E-state index in [0.29, 0.717) is 23.7 Å². The summed E-state index contributed by atoms with van der Waals surface area (Å²) in [7, 11) is 0. The van der Waals surface area contributed by atoms with Gasteiger partial charge in [0.05, 0.1) is 36.6 Å². The molecule has 7 fully saturated rings.